The average molecular weight is 479 g/mol. The van der Waals surface area contributed by atoms with Gasteiger partial charge in [-0.2, -0.15) is 10.1 Å². The second-order valence-electron chi connectivity index (χ2n) is 8.15. The molecule has 4 aromatic rings. The van der Waals surface area contributed by atoms with E-state index in [1.165, 1.54) is 17.1 Å². The maximum atomic E-state index is 13.5. The first kappa shape index (κ1) is 23.1. The number of hydrogen-bond donors (Lipinski definition) is 0. The molecule has 0 aliphatic carbocycles. The van der Waals surface area contributed by atoms with Crippen LogP contribution in [-0.2, 0) is 11.4 Å². The number of carbonyl (C=O) groups is 1. The molecule has 0 saturated carbocycles. The Kier molecular flexibility index (Phi) is 6.58. The first-order valence-corrected chi connectivity index (χ1v) is 11.4. The lowest BCUT2D eigenvalue weighted by molar-refractivity contribution is -0.114. The van der Waals surface area contributed by atoms with Crippen LogP contribution >= 0.6 is 0 Å². The molecule has 0 saturated heterocycles. The lowest BCUT2D eigenvalue weighted by Gasteiger charge is -2.12. The fourth-order valence-corrected chi connectivity index (χ4v) is 3.95. The summed E-state index contributed by atoms with van der Waals surface area (Å²) in [4.78, 5) is 13.5. The maximum Gasteiger partial charge on any atom is 0.281 e. The molecule has 5 rings (SSSR count). The van der Waals surface area contributed by atoms with Gasteiger partial charge >= 0.3 is 0 Å². The molecule has 0 aromatic heterocycles. The van der Waals surface area contributed by atoms with E-state index < -0.39 is 0 Å². The number of benzene rings is 4. The smallest absolute Gasteiger partial charge is 0.281 e. The van der Waals surface area contributed by atoms with Crippen LogP contribution < -0.4 is 14.5 Å². The van der Waals surface area contributed by atoms with Gasteiger partial charge in [0.2, 0.25) is 0 Å². The minimum absolute atomic E-state index is 0.198. The molecule has 36 heavy (non-hydrogen) atoms. The highest BCUT2D eigenvalue weighted by atomic mass is 19.1. The summed E-state index contributed by atoms with van der Waals surface area (Å²) in [6, 6.07) is 30.6. The summed E-state index contributed by atoms with van der Waals surface area (Å²) in [5.74, 6) is 0.492. The molecule has 5 nitrogen and oxygen atoms in total. The van der Waals surface area contributed by atoms with Crippen molar-refractivity contribution in [3.63, 3.8) is 0 Å². The molecule has 1 aliphatic heterocycles. The molecule has 0 atom stereocenters. The molecule has 1 aliphatic rings. The zero-order valence-corrected chi connectivity index (χ0v) is 19.6. The average Bonchev–Trinajstić information content (AvgIpc) is 3.24. The molecule has 0 N–H and O–H groups in total. The summed E-state index contributed by atoms with van der Waals surface area (Å²) < 4.78 is 24.9. The number of anilines is 1. The van der Waals surface area contributed by atoms with Crippen LogP contribution in [0, 0.1) is 5.82 Å². The number of amides is 1. The zero-order chi connectivity index (χ0) is 24.9. The summed E-state index contributed by atoms with van der Waals surface area (Å²) in [6.07, 6.45) is 1.80. The Morgan fingerprint density at radius 3 is 2.33 bits per heavy atom. The highest BCUT2D eigenvalue weighted by molar-refractivity contribution is 6.37. The molecule has 0 spiro atoms. The fourth-order valence-electron chi connectivity index (χ4n) is 3.95. The van der Waals surface area contributed by atoms with Gasteiger partial charge in [0, 0.05) is 5.56 Å². The third-order valence-electron chi connectivity index (χ3n) is 5.71. The summed E-state index contributed by atoms with van der Waals surface area (Å²) in [5, 5.41) is 6.08. The predicted molar refractivity (Wildman–Crippen MR) is 139 cm³/mol. The lowest BCUT2D eigenvalue weighted by atomic mass is 10.00. The van der Waals surface area contributed by atoms with E-state index in [0.717, 1.165) is 11.1 Å². The number of hydrazone groups is 1. The topological polar surface area (TPSA) is 51.1 Å². The van der Waals surface area contributed by atoms with E-state index in [4.69, 9.17) is 9.47 Å². The van der Waals surface area contributed by atoms with E-state index in [1.54, 1.807) is 37.5 Å². The van der Waals surface area contributed by atoms with Gasteiger partial charge in [0.15, 0.2) is 11.5 Å². The van der Waals surface area contributed by atoms with Crippen molar-refractivity contribution in [3.05, 3.63) is 131 Å². The fraction of sp³-hybridized carbons (Fsp3) is 0.0667. The van der Waals surface area contributed by atoms with Gasteiger partial charge in [-0.25, -0.2) is 4.39 Å². The minimum atomic E-state index is -0.313. The van der Waals surface area contributed by atoms with Crippen LogP contribution in [0.5, 0.6) is 11.5 Å². The molecule has 0 radical (unpaired) electrons. The van der Waals surface area contributed by atoms with E-state index >= 15 is 0 Å². The van der Waals surface area contributed by atoms with Crippen molar-refractivity contribution in [1.29, 1.82) is 0 Å². The quantitative estimate of drug-likeness (QED) is 0.295. The Hall–Kier alpha value is -4.71. The van der Waals surface area contributed by atoms with E-state index in [1.807, 2.05) is 66.7 Å². The van der Waals surface area contributed by atoms with Crippen LogP contribution in [0.25, 0.3) is 6.08 Å². The van der Waals surface area contributed by atoms with Crippen LogP contribution in [-0.4, -0.2) is 18.7 Å². The van der Waals surface area contributed by atoms with Gasteiger partial charge in [-0.1, -0.05) is 66.7 Å². The molecule has 6 heteroatoms. The van der Waals surface area contributed by atoms with Crippen molar-refractivity contribution in [2.45, 2.75) is 6.61 Å². The third kappa shape index (κ3) is 4.88. The number of ether oxygens (including phenoxy) is 2. The van der Waals surface area contributed by atoms with Gasteiger partial charge in [-0.15, -0.1) is 0 Å². The Morgan fingerprint density at radius 1 is 0.861 bits per heavy atom. The van der Waals surface area contributed by atoms with E-state index in [2.05, 4.69) is 5.10 Å². The lowest BCUT2D eigenvalue weighted by Crippen LogP contribution is -2.21. The molecule has 1 heterocycles. The molecule has 0 unspecified atom stereocenters. The van der Waals surface area contributed by atoms with Gasteiger partial charge in [0.1, 0.15) is 18.1 Å². The summed E-state index contributed by atoms with van der Waals surface area (Å²) >= 11 is 0. The van der Waals surface area contributed by atoms with Crippen molar-refractivity contribution in [1.82, 2.24) is 0 Å². The number of rotatable bonds is 7. The predicted octanol–water partition coefficient (Wildman–Crippen LogP) is 6.25. The second-order valence-corrected chi connectivity index (χ2v) is 8.15. The molecular weight excluding hydrogens is 455 g/mol. The Bertz CT molecular complexity index is 1450. The van der Waals surface area contributed by atoms with E-state index in [9.17, 15) is 9.18 Å². The minimum Gasteiger partial charge on any atom is -0.493 e. The standard InChI is InChI=1S/C30H23FN2O3/c1-35-28-19-21(15-16-27(28)36-20-22-9-8-12-24(31)17-22)18-26-29(23-10-4-2-5-11-23)32-33(30(26)34)25-13-6-3-7-14-25/h2-19H,20H2,1H3/b26-18-. The van der Waals surface area contributed by atoms with Crippen LogP contribution in [0.1, 0.15) is 16.7 Å². The van der Waals surface area contributed by atoms with Crippen molar-refractivity contribution in [2.24, 2.45) is 5.10 Å². The summed E-state index contributed by atoms with van der Waals surface area (Å²) in [5.41, 5.74) is 4.07. The highest BCUT2D eigenvalue weighted by Crippen LogP contribution is 2.32. The van der Waals surface area contributed by atoms with Gasteiger partial charge in [0.05, 0.1) is 18.4 Å². The van der Waals surface area contributed by atoms with Gasteiger partial charge in [-0.3, -0.25) is 4.79 Å². The Balaban J connectivity index is 1.46. The number of para-hydroxylation sites is 1. The number of carbonyl (C=O) groups excluding carboxylic acids is 1. The van der Waals surface area contributed by atoms with Crippen molar-refractivity contribution in [3.8, 4) is 11.5 Å². The number of hydrogen-bond acceptors (Lipinski definition) is 4. The van der Waals surface area contributed by atoms with Crippen LogP contribution in [0.15, 0.2) is 114 Å². The zero-order valence-electron chi connectivity index (χ0n) is 19.6. The van der Waals surface area contributed by atoms with Crippen molar-refractivity contribution < 1.29 is 18.7 Å². The molecule has 4 aromatic carbocycles. The maximum absolute atomic E-state index is 13.5. The number of halogens is 1. The van der Waals surface area contributed by atoms with Gasteiger partial charge in [0.25, 0.3) is 5.91 Å². The van der Waals surface area contributed by atoms with E-state index in [0.29, 0.717) is 34.0 Å². The highest BCUT2D eigenvalue weighted by Gasteiger charge is 2.32. The number of methoxy groups -OCH3 is 1. The van der Waals surface area contributed by atoms with Gasteiger partial charge in [-0.05, 0) is 53.6 Å². The van der Waals surface area contributed by atoms with Crippen LogP contribution in [0.2, 0.25) is 0 Å². The molecule has 0 bridgehead atoms. The summed E-state index contributed by atoms with van der Waals surface area (Å²) in [7, 11) is 1.55. The third-order valence-corrected chi connectivity index (χ3v) is 5.71. The first-order chi connectivity index (χ1) is 17.6. The second kappa shape index (κ2) is 10.3. The summed E-state index contributed by atoms with van der Waals surface area (Å²) in [6.45, 7) is 0.198. The largest absolute Gasteiger partial charge is 0.493 e. The Labute approximate surface area is 208 Å². The van der Waals surface area contributed by atoms with Crippen LogP contribution in [0.3, 0.4) is 0 Å². The monoisotopic (exact) mass is 478 g/mol. The number of nitrogens with zero attached hydrogens (tertiary/aromatic N) is 2. The van der Waals surface area contributed by atoms with Gasteiger partial charge < -0.3 is 9.47 Å². The normalized spacial score (nSPS) is 14.2. The molecule has 1 amide bonds. The van der Waals surface area contributed by atoms with E-state index in [-0.39, 0.29) is 18.3 Å². The Morgan fingerprint density at radius 2 is 1.61 bits per heavy atom. The molecule has 0 fully saturated rings. The SMILES string of the molecule is COc1cc(/C=C2\C(=O)N(c3ccccc3)N=C2c2ccccc2)ccc1OCc1cccc(F)c1. The van der Waals surface area contributed by atoms with Crippen molar-refractivity contribution >= 4 is 23.4 Å². The van der Waals surface area contributed by atoms with Crippen LogP contribution in [0.4, 0.5) is 10.1 Å². The first-order valence-electron chi connectivity index (χ1n) is 11.4. The molecular formula is C30H23FN2O3. The molecule has 178 valence electrons. The van der Waals surface area contributed by atoms with Crippen molar-refractivity contribution in [2.75, 3.05) is 12.1 Å².